The molecule has 0 aliphatic rings. The number of carbonyl (C=O) groups is 1. The van der Waals surface area contributed by atoms with E-state index in [0.717, 1.165) is 0 Å². The van der Waals surface area contributed by atoms with Crippen LogP contribution in [0.15, 0.2) is 52.9 Å². The van der Waals surface area contributed by atoms with Crippen LogP contribution >= 0.6 is 0 Å². The number of Topliss-reactive ketones (excluding diaryl/α,β-unsaturated/α-hetero) is 1. The third-order valence-electron chi connectivity index (χ3n) is 3.39. The summed E-state index contributed by atoms with van der Waals surface area (Å²) in [6, 6.07) is 12.8. The van der Waals surface area contributed by atoms with Crippen molar-refractivity contribution < 1.29 is 18.0 Å². The van der Waals surface area contributed by atoms with Crippen molar-refractivity contribution in [1.29, 1.82) is 0 Å². The summed E-state index contributed by atoms with van der Waals surface area (Å²) in [7, 11) is 0. The van der Waals surface area contributed by atoms with Gasteiger partial charge in [0.05, 0.1) is 0 Å². The molecule has 3 rings (SSSR count). The topological polar surface area (TPSA) is 43.1 Å². The number of para-hydroxylation sites is 2. The second kappa shape index (κ2) is 5.33. The number of oxazole rings is 1. The molecule has 0 atom stereocenters. The summed E-state index contributed by atoms with van der Waals surface area (Å²) in [6.07, 6.45) is -0.530. The monoisotopic (exact) mass is 301 g/mol. The number of hydrogen-bond donors (Lipinski definition) is 0. The minimum atomic E-state index is -3.21. The standard InChI is InChI=1S/C17H13F2NO2/c1-11(21)13-8-6-12(7-9-13)10-17(18,19)16-20-14-4-2-3-5-15(14)22-16/h2-9H,10H2,1H3. The molecule has 0 unspecified atom stereocenters. The maximum absolute atomic E-state index is 14.3. The van der Waals surface area contributed by atoms with Crippen molar-refractivity contribution in [3.63, 3.8) is 0 Å². The minimum absolute atomic E-state index is 0.0998. The SMILES string of the molecule is CC(=O)c1ccc(CC(F)(F)c2nc3ccccc3o2)cc1. The van der Waals surface area contributed by atoms with Gasteiger partial charge in [-0.15, -0.1) is 0 Å². The molecule has 2 aromatic carbocycles. The van der Waals surface area contributed by atoms with Crippen LogP contribution in [0.5, 0.6) is 0 Å². The molecule has 0 saturated heterocycles. The van der Waals surface area contributed by atoms with E-state index in [4.69, 9.17) is 4.42 Å². The summed E-state index contributed by atoms with van der Waals surface area (Å²) in [5, 5.41) is 0. The molecule has 1 heterocycles. The van der Waals surface area contributed by atoms with Gasteiger partial charge in [0.1, 0.15) is 5.52 Å². The lowest BCUT2D eigenvalue weighted by atomic mass is 10.0. The number of carbonyl (C=O) groups excluding carboxylic acids is 1. The lowest BCUT2D eigenvalue weighted by Crippen LogP contribution is -2.17. The molecular weight excluding hydrogens is 288 g/mol. The zero-order valence-corrected chi connectivity index (χ0v) is 11.8. The highest BCUT2D eigenvalue weighted by atomic mass is 19.3. The third kappa shape index (κ3) is 2.74. The fourth-order valence-corrected chi connectivity index (χ4v) is 2.22. The van der Waals surface area contributed by atoms with Gasteiger partial charge in [0, 0.05) is 12.0 Å². The summed E-state index contributed by atoms with van der Waals surface area (Å²) < 4.78 is 33.8. The first-order valence-electron chi connectivity index (χ1n) is 6.79. The first-order chi connectivity index (χ1) is 10.5. The Bertz CT molecular complexity index is 789. The van der Waals surface area contributed by atoms with Gasteiger partial charge >= 0.3 is 5.92 Å². The first kappa shape index (κ1) is 14.4. The van der Waals surface area contributed by atoms with Gasteiger partial charge in [-0.1, -0.05) is 36.4 Å². The van der Waals surface area contributed by atoms with Crippen molar-refractivity contribution in [2.45, 2.75) is 19.3 Å². The minimum Gasteiger partial charge on any atom is -0.435 e. The molecule has 0 saturated carbocycles. The van der Waals surface area contributed by atoms with Crippen molar-refractivity contribution >= 4 is 16.9 Å². The van der Waals surface area contributed by atoms with Gasteiger partial charge in [-0.05, 0) is 24.6 Å². The van der Waals surface area contributed by atoms with Crippen LogP contribution in [-0.2, 0) is 12.3 Å². The van der Waals surface area contributed by atoms with Gasteiger partial charge in [0.15, 0.2) is 11.4 Å². The Morgan fingerprint density at radius 1 is 1.14 bits per heavy atom. The summed E-state index contributed by atoms with van der Waals surface area (Å²) in [4.78, 5) is 15.0. The van der Waals surface area contributed by atoms with Crippen LogP contribution in [0.4, 0.5) is 8.78 Å². The maximum Gasteiger partial charge on any atom is 0.326 e. The van der Waals surface area contributed by atoms with Crippen molar-refractivity contribution in [3.05, 3.63) is 65.5 Å². The van der Waals surface area contributed by atoms with E-state index < -0.39 is 18.2 Å². The molecule has 0 bridgehead atoms. The van der Waals surface area contributed by atoms with Crippen LogP contribution in [0.25, 0.3) is 11.1 Å². The number of halogens is 2. The average molecular weight is 301 g/mol. The highest BCUT2D eigenvalue weighted by Crippen LogP contribution is 2.33. The molecule has 112 valence electrons. The number of hydrogen-bond acceptors (Lipinski definition) is 3. The van der Waals surface area contributed by atoms with Gasteiger partial charge in [-0.2, -0.15) is 8.78 Å². The summed E-state index contributed by atoms with van der Waals surface area (Å²) in [5.41, 5.74) is 1.65. The van der Waals surface area contributed by atoms with Crippen LogP contribution in [0.3, 0.4) is 0 Å². The second-order valence-electron chi connectivity index (χ2n) is 5.12. The van der Waals surface area contributed by atoms with Crippen molar-refractivity contribution in [3.8, 4) is 0 Å². The predicted octanol–water partition coefficient (Wildman–Crippen LogP) is 4.36. The Morgan fingerprint density at radius 3 is 2.45 bits per heavy atom. The molecule has 3 nitrogen and oxygen atoms in total. The summed E-state index contributed by atoms with van der Waals surface area (Å²) in [5.74, 6) is -3.90. The molecule has 0 aliphatic carbocycles. The van der Waals surface area contributed by atoms with E-state index in [9.17, 15) is 13.6 Å². The third-order valence-corrected chi connectivity index (χ3v) is 3.39. The molecule has 0 radical (unpaired) electrons. The molecular formula is C17H13F2NO2. The van der Waals surface area contributed by atoms with E-state index in [1.807, 2.05) is 0 Å². The average Bonchev–Trinajstić information content (AvgIpc) is 2.92. The smallest absolute Gasteiger partial charge is 0.326 e. The Balaban J connectivity index is 1.87. The fraction of sp³-hybridized carbons (Fsp3) is 0.176. The Hall–Kier alpha value is -2.56. The van der Waals surface area contributed by atoms with Crippen LogP contribution in [0.2, 0.25) is 0 Å². The Kier molecular flexibility index (Phi) is 3.48. The molecule has 0 fully saturated rings. The first-order valence-corrected chi connectivity index (χ1v) is 6.79. The van der Waals surface area contributed by atoms with Gasteiger partial charge in [-0.3, -0.25) is 4.79 Å². The van der Waals surface area contributed by atoms with Crippen LogP contribution in [0, 0.1) is 0 Å². The number of rotatable bonds is 4. The molecule has 0 amide bonds. The molecule has 1 aromatic heterocycles. The highest BCUT2D eigenvalue weighted by Gasteiger charge is 2.37. The zero-order chi connectivity index (χ0) is 15.7. The molecule has 0 N–H and O–H groups in total. The normalized spacial score (nSPS) is 11.8. The molecule has 0 aliphatic heterocycles. The van der Waals surface area contributed by atoms with Gasteiger partial charge in [0.2, 0.25) is 0 Å². The number of benzene rings is 2. The van der Waals surface area contributed by atoms with Gasteiger partial charge in [0.25, 0.3) is 5.89 Å². The summed E-state index contributed by atoms with van der Waals surface area (Å²) in [6.45, 7) is 1.43. The zero-order valence-electron chi connectivity index (χ0n) is 11.8. The molecule has 5 heteroatoms. The Morgan fingerprint density at radius 2 is 1.82 bits per heavy atom. The number of aromatic nitrogens is 1. The van der Waals surface area contributed by atoms with Crippen LogP contribution in [0.1, 0.15) is 28.7 Å². The number of fused-ring (bicyclic) bond motifs is 1. The van der Waals surface area contributed by atoms with Gasteiger partial charge < -0.3 is 4.42 Å². The quantitative estimate of drug-likeness (QED) is 0.672. The van der Waals surface area contributed by atoms with Gasteiger partial charge in [-0.25, -0.2) is 4.98 Å². The molecule has 0 spiro atoms. The molecule has 22 heavy (non-hydrogen) atoms. The molecule has 3 aromatic rings. The van der Waals surface area contributed by atoms with Crippen molar-refractivity contribution in [2.75, 3.05) is 0 Å². The fourth-order valence-electron chi connectivity index (χ4n) is 2.22. The lowest BCUT2D eigenvalue weighted by Gasteiger charge is -2.12. The second-order valence-corrected chi connectivity index (χ2v) is 5.12. The highest BCUT2D eigenvalue weighted by molar-refractivity contribution is 5.94. The number of ketones is 1. The lowest BCUT2D eigenvalue weighted by molar-refractivity contribution is -0.0293. The van der Waals surface area contributed by atoms with E-state index in [1.54, 1.807) is 36.4 Å². The Labute approximate surface area is 125 Å². The van der Waals surface area contributed by atoms with E-state index in [2.05, 4.69) is 4.98 Å². The summed E-state index contributed by atoms with van der Waals surface area (Å²) >= 11 is 0. The van der Waals surface area contributed by atoms with Crippen molar-refractivity contribution in [1.82, 2.24) is 4.98 Å². The van der Waals surface area contributed by atoms with Crippen LogP contribution < -0.4 is 0 Å². The van der Waals surface area contributed by atoms with E-state index in [-0.39, 0.29) is 5.78 Å². The van der Waals surface area contributed by atoms with Crippen molar-refractivity contribution in [2.24, 2.45) is 0 Å². The van der Waals surface area contributed by atoms with E-state index in [1.165, 1.54) is 19.1 Å². The predicted molar refractivity (Wildman–Crippen MR) is 78.1 cm³/mol. The maximum atomic E-state index is 14.3. The van der Waals surface area contributed by atoms with E-state index >= 15 is 0 Å². The number of alkyl halides is 2. The van der Waals surface area contributed by atoms with E-state index in [0.29, 0.717) is 22.2 Å². The van der Waals surface area contributed by atoms with Crippen LogP contribution in [-0.4, -0.2) is 10.8 Å². The number of nitrogens with zero attached hydrogens (tertiary/aromatic N) is 1. The largest absolute Gasteiger partial charge is 0.435 e.